The average molecular weight is 381 g/mol. The van der Waals surface area contributed by atoms with Crippen LogP contribution < -0.4 is 9.80 Å². The Morgan fingerprint density at radius 1 is 1.07 bits per heavy atom. The predicted octanol–water partition coefficient (Wildman–Crippen LogP) is 4.13. The number of alkyl halides is 2. The van der Waals surface area contributed by atoms with Gasteiger partial charge in [0.15, 0.2) is 5.65 Å². The molecular formula is C21H21F2N5. The summed E-state index contributed by atoms with van der Waals surface area (Å²) in [6.07, 6.45) is 2.55. The summed E-state index contributed by atoms with van der Waals surface area (Å²) < 4.78 is 27.5. The second-order valence-corrected chi connectivity index (χ2v) is 7.60. The Bertz CT molecular complexity index is 1040. The van der Waals surface area contributed by atoms with E-state index in [0.717, 1.165) is 24.2 Å². The van der Waals surface area contributed by atoms with Crippen molar-refractivity contribution in [3.05, 3.63) is 53.7 Å². The van der Waals surface area contributed by atoms with Gasteiger partial charge in [-0.15, -0.1) is 0 Å². The number of aromatic nitrogens is 3. The Balaban J connectivity index is 1.58. The zero-order chi connectivity index (χ0) is 19.3. The first-order chi connectivity index (χ1) is 13.5. The van der Waals surface area contributed by atoms with E-state index in [0.29, 0.717) is 11.6 Å². The molecule has 2 aliphatic heterocycles. The number of benzene rings is 1. The number of pyridine rings is 1. The van der Waals surface area contributed by atoms with E-state index in [-0.39, 0.29) is 25.6 Å². The third kappa shape index (κ3) is 2.85. The van der Waals surface area contributed by atoms with E-state index >= 15 is 0 Å². The highest BCUT2D eigenvalue weighted by atomic mass is 19.3. The lowest BCUT2D eigenvalue weighted by molar-refractivity contribution is 0.0256. The van der Waals surface area contributed by atoms with Gasteiger partial charge in [0.05, 0.1) is 18.0 Å². The monoisotopic (exact) mass is 381 g/mol. The Morgan fingerprint density at radius 3 is 2.64 bits per heavy atom. The van der Waals surface area contributed by atoms with Crippen LogP contribution in [0.1, 0.15) is 30.0 Å². The molecule has 2 saturated heterocycles. The molecule has 4 heterocycles. The van der Waals surface area contributed by atoms with Crippen LogP contribution in [0.4, 0.5) is 20.5 Å². The zero-order valence-corrected chi connectivity index (χ0v) is 15.6. The molecular weight excluding hydrogens is 360 g/mol. The molecule has 7 heteroatoms. The van der Waals surface area contributed by atoms with Gasteiger partial charge in [-0.25, -0.2) is 13.8 Å². The number of halogens is 2. The molecule has 144 valence electrons. The summed E-state index contributed by atoms with van der Waals surface area (Å²) in [5.74, 6) is -1.57. The molecule has 5 nitrogen and oxygen atoms in total. The first-order valence-electron chi connectivity index (χ1n) is 9.60. The molecule has 0 aliphatic carbocycles. The van der Waals surface area contributed by atoms with Crippen LogP contribution in [0.2, 0.25) is 0 Å². The molecule has 28 heavy (non-hydrogen) atoms. The summed E-state index contributed by atoms with van der Waals surface area (Å²) >= 11 is 0. The number of anilines is 2. The van der Waals surface area contributed by atoms with Crippen LogP contribution in [0.25, 0.3) is 11.0 Å². The molecule has 0 bridgehead atoms. The summed E-state index contributed by atoms with van der Waals surface area (Å²) in [7, 11) is 0. The fourth-order valence-corrected chi connectivity index (χ4v) is 4.13. The van der Waals surface area contributed by atoms with Gasteiger partial charge in [0.25, 0.3) is 5.92 Å². The first-order valence-corrected chi connectivity index (χ1v) is 9.60. The summed E-state index contributed by atoms with van der Waals surface area (Å²) in [5, 5.41) is 0.857. The van der Waals surface area contributed by atoms with Crippen molar-refractivity contribution in [2.45, 2.75) is 31.7 Å². The van der Waals surface area contributed by atoms with Gasteiger partial charge in [0.1, 0.15) is 5.82 Å². The highest BCUT2D eigenvalue weighted by molar-refractivity contribution is 5.88. The normalized spacial score (nSPS) is 21.2. The summed E-state index contributed by atoms with van der Waals surface area (Å²) in [6, 6.07) is 12.4. The highest BCUT2D eigenvalue weighted by Crippen LogP contribution is 2.41. The number of aryl methyl sites for hydroxylation is 1. The lowest BCUT2D eigenvalue weighted by Gasteiger charge is -2.43. The smallest absolute Gasteiger partial charge is 0.267 e. The molecule has 0 spiro atoms. The van der Waals surface area contributed by atoms with Crippen LogP contribution >= 0.6 is 0 Å². The highest BCUT2D eigenvalue weighted by Gasteiger charge is 2.40. The Hall–Kier alpha value is -2.83. The van der Waals surface area contributed by atoms with Crippen molar-refractivity contribution in [2.75, 3.05) is 29.4 Å². The quantitative estimate of drug-likeness (QED) is 0.683. The molecule has 1 unspecified atom stereocenters. The van der Waals surface area contributed by atoms with Gasteiger partial charge in [0.2, 0.25) is 5.95 Å². The Labute approximate surface area is 162 Å². The molecule has 5 rings (SSSR count). The maximum absolute atomic E-state index is 13.7. The predicted molar refractivity (Wildman–Crippen MR) is 105 cm³/mol. The van der Waals surface area contributed by atoms with Gasteiger partial charge in [-0.2, -0.15) is 9.97 Å². The van der Waals surface area contributed by atoms with Gasteiger partial charge in [-0.05, 0) is 36.6 Å². The van der Waals surface area contributed by atoms with Gasteiger partial charge < -0.3 is 9.80 Å². The largest absolute Gasteiger partial charge is 0.349 e. The SMILES string of the molecule is Cc1ccccc1C1CCN1c1nc(N2CCC(F)(F)C2)nc2ncccc12. The Morgan fingerprint density at radius 2 is 1.93 bits per heavy atom. The van der Waals surface area contributed by atoms with E-state index in [9.17, 15) is 8.78 Å². The fraction of sp³-hybridized carbons (Fsp3) is 0.381. The van der Waals surface area contributed by atoms with E-state index in [2.05, 4.69) is 40.0 Å². The van der Waals surface area contributed by atoms with Gasteiger partial charge in [-0.3, -0.25) is 0 Å². The molecule has 2 aromatic heterocycles. The lowest BCUT2D eigenvalue weighted by atomic mass is 9.91. The first kappa shape index (κ1) is 17.3. The number of nitrogens with zero attached hydrogens (tertiary/aromatic N) is 5. The second-order valence-electron chi connectivity index (χ2n) is 7.60. The third-order valence-corrected chi connectivity index (χ3v) is 5.73. The molecule has 0 amide bonds. The van der Waals surface area contributed by atoms with Crippen LogP contribution in [0.3, 0.4) is 0 Å². The molecule has 1 atom stereocenters. The average Bonchev–Trinajstić information content (AvgIpc) is 3.02. The molecule has 2 aliphatic rings. The van der Waals surface area contributed by atoms with Crippen LogP contribution in [-0.4, -0.2) is 40.5 Å². The van der Waals surface area contributed by atoms with E-state index < -0.39 is 5.92 Å². The van der Waals surface area contributed by atoms with Crippen molar-refractivity contribution in [2.24, 2.45) is 0 Å². The minimum Gasteiger partial charge on any atom is -0.349 e. The standard InChI is InChI=1S/C21H21F2N5/c1-14-5-2-3-6-15(14)17-8-11-28(17)19-16-7-4-10-24-18(16)25-20(26-19)27-12-9-21(22,23)13-27/h2-7,10,17H,8-9,11-13H2,1H3. The maximum atomic E-state index is 13.7. The third-order valence-electron chi connectivity index (χ3n) is 5.73. The molecule has 0 radical (unpaired) electrons. The second kappa shape index (κ2) is 6.36. The van der Waals surface area contributed by atoms with Crippen molar-refractivity contribution in [1.29, 1.82) is 0 Å². The molecule has 0 saturated carbocycles. The summed E-state index contributed by atoms with van der Waals surface area (Å²) in [4.78, 5) is 17.4. The van der Waals surface area contributed by atoms with Crippen molar-refractivity contribution in [1.82, 2.24) is 15.0 Å². The van der Waals surface area contributed by atoms with Crippen LogP contribution in [-0.2, 0) is 0 Å². The van der Waals surface area contributed by atoms with Gasteiger partial charge in [0, 0.05) is 25.7 Å². The number of hydrogen-bond acceptors (Lipinski definition) is 5. The lowest BCUT2D eigenvalue weighted by Crippen LogP contribution is -2.42. The molecule has 0 N–H and O–H groups in total. The fourth-order valence-electron chi connectivity index (χ4n) is 4.13. The van der Waals surface area contributed by atoms with Crippen molar-refractivity contribution in [3.8, 4) is 0 Å². The van der Waals surface area contributed by atoms with Crippen molar-refractivity contribution in [3.63, 3.8) is 0 Å². The molecule has 1 aromatic carbocycles. The van der Waals surface area contributed by atoms with Crippen LogP contribution in [0.5, 0.6) is 0 Å². The van der Waals surface area contributed by atoms with E-state index in [1.807, 2.05) is 18.2 Å². The Kier molecular flexibility index (Phi) is 3.92. The van der Waals surface area contributed by atoms with Gasteiger partial charge in [-0.1, -0.05) is 24.3 Å². The van der Waals surface area contributed by atoms with E-state index in [1.165, 1.54) is 11.1 Å². The van der Waals surface area contributed by atoms with Crippen LogP contribution in [0, 0.1) is 6.92 Å². The minimum absolute atomic E-state index is 0.165. The van der Waals surface area contributed by atoms with E-state index in [1.54, 1.807) is 11.1 Å². The number of fused-ring (bicyclic) bond motifs is 1. The van der Waals surface area contributed by atoms with Crippen LogP contribution in [0.15, 0.2) is 42.6 Å². The summed E-state index contributed by atoms with van der Waals surface area (Å²) in [5.41, 5.74) is 3.07. The maximum Gasteiger partial charge on any atom is 0.267 e. The zero-order valence-electron chi connectivity index (χ0n) is 15.6. The van der Waals surface area contributed by atoms with Crippen molar-refractivity contribution >= 4 is 22.8 Å². The molecule has 3 aromatic rings. The number of hydrogen-bond donors (Lipinski definition) is 0. The number of rotatable bonds is 3. The topological polar surface area (TPSA) is 45.2 Å². The van der Waals surface area contributed by atoms with Gasteiger partial charge >= 0.3 is 0 Å². The minimum atomic E-state index is -2.69. The summed E-state index contributed by atoms with van der Waals surface area (Å²) in [6.45, 7) is 2.90. The van der Waals surface area contributed by atoms with Crippen molar-refractivity contribution < 1.29 is 8.78 Å². The van der Waals surface area contributed by atoms with E-state index in [4.69, 9.17) is 4.98 Å². The molecule has 2 fully saturated rings.